The van der Waals surface area contributed by atoms with E-state index in [1.54, 1.807) is 12.1 Å². The first kappa shape index (κ1) is 11.9. The molecule has 0 atom stereocenters. The van der Waals surface area contributed by atoms with Gasteiger partial charge in [-0.1, -0.05) is 0 Å². The summed E-state index contributed by atoms with van der Waals surface area (Å²) < 4.78 is 14.0. The van der Waals surface area contributed by atoms with E-state index < -0.39 is 0 Å². The number of rotatable bonds is 1. The van der Waals surface area contributed by atoms with Gasteiger partial charge in [0.05, 0.1) is 0 Å². The molecule has 0 aromatic heterocycles. The van der Waals surface area contributed by atoms with Crippen molar-refractivity contribution in [3.8, 4) is 11.8 Å². The van der Waals surface area contributed by atoms with E-state index in [4.69, 9.17) is 0 Å². The fourth-order valence-corrected chi connectivity index (χ4v) is 2.58. The zero-order valence-corrected chi connectivity index (χ0v) is 11.1. The summed E-state index contributed by atoms with van der Waals surface area (Å²) in [7, 11) is 0. The summed E-state index contributed by atoms with van der Waals surface area (Å²) in [6, 6.07) is 14.4. The molecule has 0 heterocycles. The van der Waals surface area contributed by atoms with Crippen LogP contribution in [-0.2, 0) is 0 Å². The van der Waals surface area contributed by atoms with Gasteiger partial charge in [-0.3, -0.25) is 0 Å². The fraction of sp³-hybridized carbons (Fsp3) is 0.0667. The molecular weight excluding hydrogens is 278 g/mol. The molecule has 0 fully saturated rings. The molecule has 2 heteroatoms. The predicted molar refractivity (Wildman–Crippen MR) is 70.1 cm³/mol. The third kappa shape index (κ3) is 3.20. The van der Waals surface area contributed by atoms with Crippen molar-refractivity contribution in [3.05, 3.63) is 65.5 Å². The Bertz CT molecular complexity index is 561. The van der Waals surface area contributed by atoms with Crippen molar-refractivity contribution in [3.63, 3.8) is 0 Å². The summed E-state index contributed by atoms with van der Waals surface area (Å²) in [5, 5.41) is 0. The molecule has 2 rings (SSSR count). The molecule has 17 heavy (non-hydrogen) atoms. The molecule has 0 radical (unpaired) electrons. The maximum atomic E-state index is 12.7. The third-order valence-corrected chi connectivity index (χ3v) is 3.96. The van der Waals surface area contributed by atoms with Crippen molar-refractivity contribution in [1.82, 2.24) is 0 Å². The average Bonchev–Trinajstić information content (AvgIpc) is 2.38. The van der Waals surface area contributed by atoms with Crippen LogP contribution in [0.2, 0.25) is 5.82 Å². The van der Waals surface area contributed by atoms with Crippen LogP contribution in [0.5, 0.6) is 0 Å². The molecule has 0 saturated carbocycles. The van der Waals surface area contributed by atoms with Crippen LogP contribution in [-0.4, -0.2) is 15.0 Å². The molecule has 0 spiro atoms. The number of benzene rings is 2. The van der Waals surface area contributed by atoms with Crippen LogP contribution in [0, 0.1) is 17.7 Å². The van der Waals surface area contributed by atoms with E-state index in [2.05, 4.69) is 23.7 Å². The van der Waals surface area contributed by atoms with E-state index in [0.717, 1.165) is 11.1 Å². The van der Waals surface area contributed by atoms with Crippen LogP contribution in [0.4, 0.5) is 4.39 Å². The Morgan fingerprint density at radius 2 is 1.65 bits per heavy atom. The number of halogens is 1. The van der Waals surface area contributed by atoms with Crippen LogP contribution < -0.4 is 4.46 Å². The normalized spacial score (nSPS) is 9.53. The summed E-state index contributed by atoms with van der Waals surface area (Å²) in [6.45, 7) is 0. The van der Waals surface area contributed by atoms with Crippen molar-refractivity contribution in [2.75, 3.05) is 0 Å². The van der Waals surface area contributed by atoms with Crippen molar-refractivity contribution >= 4 is 19.4 Å². The Morgan fingerprint density at radius 3 is 2.35 bits per heavy atom. The Kier molecular flexibility index (Phi) is 3.98. The van der Waals surface area contributed by atoms with Gasteiger partial charge in [-0.25, -0.2) is 0 Å². The molecule has 2 aromatic rings. The zero-order valence-electron chi connectivity index (χ0n) is 9.41. The first-order valence-corrected chi connectivity index (χ1v) is 7.77. The molecule has 0 nitrogen and oxygen atoms in total. The molecule has 0 bridgehead atoms. The number of hydrogen-bond acceptors (Lipinski definition) is 0. The van der Waals surface area contributed by atoms with Gasteiger partial charge in [-0.05, 0) is 0 Å². The van der Waals surface area contributed by atoms with Gasteiger partial charge in [0.2, 0.25) is 0 Å². The SMILES string of the molecule is C[Se]c1ccccc1C#Cc1ccc(F)cc1. The second-order valence-electron chi connectivity index (χ2n) is 3.46. The molecule has 84 valence electrons. The van der Waals surface area contributed by atoms with Crippen LogP contribution in [0.3, 0.4) is 0 Å². The van der Waals surface area contributed by atoms with Crippen LogP contribution in [0.25, 0.3) is 0 Å². The first-order valence-electron chi connectivity index (χ1n) is 5.20. The van der Waals surface area contributed by atoms with Gasteiger partial charge >= 0.3 is 107 Å². The van der Waals surface area contributed by atoms with Crippen LogP contribution >= 0.6 is 0 Å². The van der Waals surface area contributed by atoms with Crippen molar-refractivity contribution in [2.24, 2.45) is 0 Å². The second-order valence-corrected chi connectivity index (χ2v) is 5.24. The molecule has 0 aliphatic carbocycles. The van der Waals surface area contributed by atoms with Gasteiger partial charge in [-0.15, -0.1) is 0 Å². The van der Waals surface area contributed by atoms with E-state index in [-0.39, 0.29) is 5.82 Å². The second kappa shape index (κ2) is 5.68. The van der Waals surface area contributed by atoms with Gasteiger partial charge in [-0.2, -0.15) is 0 Å². The van der Waals surface area contributed by atoms with E-state index in [1.165, 1.54) is 16.6 Å². The minimum absolute atomic E-state index is 0.229. The zero-order chi connectivity index (χ0) is 12.1. The monoisotopic (exact) mass is 290 g/mol. The van der Waals surface area contributed by atoms with Gasteiger partial charge < -0.3 is 0 Å². The standard InChI is InChI=1S/C15H11FSe/c1-17-15-5-3-2-4-13(15)9-6-12-7-10-14(16)11-8-12/h2-5,7-8,10-11H,1H3. The van der Waals surface area contributed by atoms with Crippen molar-refractivity contribution < 1.29 is 4.39 Å². The average molecular weight is 289 g/mol. The molecule has 0 saturated heterocycles. The summed E-state index contributed by atoms with van der Waals surface area (Å²) in [5.41, 5.74) is 1.91. The first-order chi connectivity index (χ1) is 8.29. The molecule has 0 aliphatic heterocycles. The Hall–Kier alpha value is -1.55. The van der Waals surface area contributed by atoms with Gasteiger partial charge in [0.15, 0.2) is 0 Å². The van der Waals surface area contributed by atoms with Gasteiger partial charge in [0, 0.05) is 0 Å². The fourth-order valence-electron chi connectivity index (χ4n) is 1.42. The molecule has 0 N–H and O–H groups in total. The van der Waals surface area contributed by atoms with Crippen LogP contribution in [0.15, 0.2) is 48.5 Å². The molecule has 0 unspecified atom stereocenters. The third-order valence-electron chi connectivity index (χ3n) is 2.29. The molecule has 2 aromatic carbocycles. The topological polar surface area (TPSA) is 0 Å². The Balaban J connectivity index is 2.29. The van der Waals surface area contributed by atoms with Gasteiger partial charge in [0.1, 0.15) is 0 Å². The van der Waals surface area contributed by atoms with Crippen molar-refractivity contribution in [1.29, 1.82) is 0 Å². The Labute approximate surface area is 107 Å². The summed E-state index contributed by atoms with van der Waals surface area (Å²) in [5.74, 6) is 8.14. The minimum atomic E-state index is -0.229. The van der Waals surface area contributed by atoms with Crippen molar-refractivity contribution in [2.45, 2.75) is 5.82 Å². The molecule has 0 aliphatic rings. The van der Waals surface area contributed by atoms with E-state index in [9.17, 15) is 4.39 Å². The molecule has 0 amide bonds. The van der Waals surface area contributed by atoms with E-state index in [1.807, 2.05) is 18.2 Å². The summed E-state index contributed by atoms with van der Waals surface area (Å²) in [6.07, 6.45) is 0. The summed E-state index contributed by atoms with van der Waals surface area (Å²) >= 11 is 0.439. The number of hydrogen-bond donors (Lipinski definition) is 0. The molecular formula is C15H11FSe. The Morgan fingerprint density at radius 1 is 0.941 bits per heavy atom. The quantitative estimate of drug-likeness (QED) is 0.559. The van der Waals surface area contributed by atoms with Gasteiger partial charge in [0.25, 0.3) is 0 Å². The maximum absolute atomic E-state index is 12.7. The van der Waals surface area contributed by atoms with Crippen LogP contribution in [0.1, 0.15) is 11.1 Å². The van der Waals surface area contributed by atoms with E-state index in [0.29, 0.717) is 15.0 Å². The predicted octanol–water partition coefficient (Wildman–Crippen LogP) is 2.60. The van der Waals surface area contributed by atoms with E-state index >= 15 is 0 Å². The summed E-state index contributed by atoms with van der Waals surface area (Å²) in [4.78, 5) is 0.